The van der Waals surface area contributed by atoms with E-state index in [9.17, 15) is 30.6 Å². The van der Waals surface area contributed by atoms with Crippen molar-refractivity contribution in [1.29, 1.82) is 0 Å². The lowest BCUT2D eigenvalue weighted by atomic mass is 9.36. The van der Waals surface area contributed by atoms with Gasteiger partial charge in [0.15, 0.2) is 5.78 Å². The van der Waals surface area contributed by atoms with E-state index in [4.69, 9.17) is 10.5 Å². The molecule has 10 N–H and O–H groups in total. The molecule has 0 aromatic rings. The molecule has 1 spiro atoms. The third-order valence-electron chi connectivity index (χ3n) is 18.6. The van der Waals surface area contributed by atoms with Crippen molar-refractivity contribution in [2.75, 3.05) is 6.54 Å². The van der Waals surface area contributed by atoms with Crippen LogP contribution in [0.25, 0.3) is 0 Å². The van der Waals surface area contributed by atoms with Crippen molar-refractivity contribution in [3.05, 3.63) is 47.3 Å². The fraction of sp³-hybridized carbons (Fsp3) is 0.812. The SMILES string of the molecule is CCC[C@@H]1CC[C@H]2[C@H](C)[C@H]([C@@H](O)[C@](C)(O)[C@H]3CC[C@@]4(O)C5=C(NC[C@H](C)O)C(=O)[C@@H]6[C@H]7CC[C@@H]8[C@@H](C9=CNC(N)C=C9)C=C[C@H](C[C@]34C)[C@@H]5[C@]86C[C@H](O)[C@@H]7O)O[C@@H]2CC1. The average Bonchev–Trinajstić information content (AvgIpc) is 3.50. The Hall–Kier alpha value is -2.09. The molecule has 0 aromatic carbocycles. The fourth-order valence-electron chi connectivity index (χ4n) is 16.1. The fourth-order valence-corrected chi connectivity index (χ4v) is 16.1. The van der Waals surface area contributed by atoms with E-state index >= 15 is 4.79 Å². The van der Waals surface area contributed by atoms with Gasteiger partial charge >= 0.3 is 0 Å². The van der Waals surface area contributed by atoms with E-state index in [0.29, 0.717) is 42.4 Å². The summed E-state index contributed by atoms with van der Waals surface area (Å²) in [5, 5.41) is 79.9. The van der Waals surface area contributed by atoms with Gasteiger partial charge in [0.2, 0.25) is 0 Å². The van der Waals surface area contributed by atoms with Crippen LogP contribution in [0, 0.1) is 70.0 Å². The first-order valence-corrected chi connectivity index (χ1v) is 23.4. The van der Waals surface area contributed by atoms with Gasteiger partial charge < -0.3 is 51.7 Å². The number of aliphatic hydroxyl groups is 6. The van der Waals surface area contributed by atoms with Gasteiger partial charge in [-0.25, -0.2) is 0 Å². The zero-order chi connectivity index (χ0) is 42.0. The number of carbonyl (C=O) groups excluding carboxylic acids is 1. The van der Waals surface area contributed by atoms with Gasteiger partial charge in [0, 0.05) is 30.0 Å². The third-order valence-corrected chi connectivity index (χ3v) is 18.6. The molecule has 9 aliphatic rings. The van der Waals surface area contributed by atoms with E-state index in [1.54, 1.807) is 13.8 Å². The Labute approximate surface area is 351 Å². The minimum atomic E-state index is -1.63. The molecule has 2 heterocycles. The van der Waals surface area contributed by atoms with Crippen LogP contribution in [0.2, 0.25) is 0 Å². The molecule has 2 aliphatic heterocycles. The number of nitrogens with two attached hydrogens (primary N) is 1. The Morgan fingerprint density at radius 3 is 2.49 bits per heavy atom. The molecule has 6 fully saturated rings. The first-order valence-electron chi connectivity index (χ1n) is 23.4. The molecule has 21 atom stereocenters. The highest BCUT2D eigenvalue weighted by Gasteiger charge is 2.76. The largest absolute Gasteiger partial charge is 0.392 e. The highest BCUT2D eigenvalue weighted by molar-refractivity contribution is 6.00. The van der Waals surface area contributed by atoms with Crippen LogP contribution in [0.3, 0.4) is 0 Å². The number of fused-ring (bicyclic) bond motifs is 3. The topological polar surface area (TPSA) is 198 Å². The molecule has 11 heteroatoms. The molecule has 5 saturated carbocycles. The highest BCUT2D eigenvalue weighted by Crippen LogP contribution is 2.76. The number of hydrogen-bond donors (Lipinski definition) is 9. The predicted octanol–water partition coefficient (Wildman–Crippen LogP) is 3.97. The molecular weight excluding hydrogens is 747 g/mol. The summed E-state index contributed by atoms with van der Waals surface area (Å²) in [4.78, 5) is 15.5. The van der Waals surface area contributed by atoms with E-state index in [2.05, 4.69) is 49.6 Å². The van der Waals surface area contributed by atoms with Crippen LogP contribution in [-0.4, -0.2) is 97.0 Å². The summed E-state index contributed by atoms with van der Waals surface area (Å²) in [7, 11) is 0. The molecule has 1 unspecified atom stereocenters. The van der Waals surface area contributed by atoms with Crippen LogP contribution in [0.1, 0.15) is 112 Å². The lowest BCUT2D eigenvalue weighted by Gasteiger charge is -2.69. The van der Waals surface area contributed by atoms with E-state index in [1.807, 2.05) is 12.3 Å². The van der Waals surface area contributed by atoms with Gasteiger partial charge in [0.25, 0.3) is 0 Å². The number of ketones is 1. The maximum absolute atomic E-state index is 15.5. The number of allylic oxidation sites excluding steroid dienone is 5. The second kappa shape index (κ2) is 15.0. The minimum Gasteiger partial charge on any atom is -0.392 e. The number of ether oxygens (including phenoxy) is 1. The normalized spacial score (nSPS) is 50.6. The quantitative estimate of drug-likeness (QED) is 0.153. The summed E-state index contributed by atoms with van der Waals surface area (Å²) in [6.45, 7) is 10.0. The molecule has 9 rings (SSSR count). The number of rotatable bonds is 9. The van der Waals surface area contributed by atoms with Gasteiger partial charge in [-0.1, -0.05) is 58.3 Å². The molecule has 1 saturated heterocycles. The minimum absolute atomic E-state index is 0.0581. The van der Waals surface area contributed by atoms with E-state index in [0.717, 1.165) is 31.3 Å². The van der Waals surface area contributed by atoms with Crippen molar-refractivity contribution in [1.82, 2.24) is 10.6 Å². The number of Topliss-reactive ketones (excluding diaryl/α,β-unsaturated/α-hetero) is 1. The number of aliphatic hydroxyl groups excluding tert-OH is 4. The molecule has 7 aliphatic carbocycles. The molecule has 0 radical (unpaired) electrons. The maximum atomic E-state index is 15.5. The summed E-state index contributed by atoms with van der Waals surface area (Å²) < 4.78 is 6.78. The third kappa shape index (κ3) is 6.12. The number of nitrogens with one attached hydrogen (secondary N) is 2. The van der Waals surface area contributed by atoms with Gasteiger partial charge in [-0.05, 0) is 142 Å². The summed E-state index contributed by atoms with van der Waals surface area (Å²) in [6.07, 6.45) is 15.3. The summed E-state index contributed by atoms with van der Waals surface area (Å²) in [6, 6.07) is 0. The Balaban J connectivity index is 1.14. The van der Waals surface area contributed by atoms with Crippen molar-refractivity contribution >= 4 is 5.78 Å². The zero-order valence-corrected chi connectivity index (χ0v) is 36.0. The van der Waals surface area contributed by atoms with E-state index in [-0.39, 0.29) is 67.0 Å². The first kappa shape index (κ1) is 42.2. The Morgan fingerprint density at radius 1 is 1.03 bits per heavy atom. The standard InChI is InChI=1S/C48H73N3O8/c1-6-7-26-8-12-29-25(3)43(59-34(29)16-9-26)44(56)46(5,57)35-18-19-48(58)39-37-27(20-45(35,48)4)10-13-30(28-11-17-36(49)50-23-28)32-15-14-31-38(42(55)40(39)51-22-24(2)52)47(32,37)21-33(53)41(31)54/h10-11,13,17,23-27,29-38,41,43-44,50-54,56-58H,6-9,12,14-16,18-22,49H2,1-5H3/t24-,25-,26+,27+,29-,30+,31+,32+,33-,34+,35-,36?,37-,38-,41+,43+,44+,45+,46+,47-,48+/m0/s1. The molecule has 11 nitrogen and oxygen atoms in total. The smallest absolute Gasteiger partial charge is 0.182 e. The Kier molecular flexibility index (Phi) is 10.8. The summed E-state index contributed by atoms with van der Waals surface area (Å²) >= 11 is 0. The predicted molar refractivity (Wildman–Crippen MR) is 224 cm³/mol. The van der Waals surface area contributed by atoms with E-state index < -0.39 is 70.3 Å². The molecule has 328 valence electrons. The van der Waals surface area contributed by atoms with Crippen LogP contribution < -0.4 is 16.4 Å². The van der Waals surface area contributed by atoms with E-state index in [1.165, 1.54) is 19.3 Å². The highest BCUT2D eigenvalue weighted by atomic mass is 16.5. The van der Waals surface area contributed by atoms with Crippen molar-refractivity contribution < 1.29 is 40.2 Å². The van der Waals surface area contributed by atoms with Gasteiger partial charge in [-0.15, -0.1) is 0 Å². The molecular formula is C48H73N3O8. The van der Waals surface area contributed by atoms with Gasteiger partial charge in [0.1, 0.15) is 6.10 Å². The summed E-state index contributed by atoms with van der Waals surface area (Å²) in [5.41, 5.74) is 3.28. The second-order valence-corrected chi connectivity index (χ2v) is 21.5. The lowest BCUT2D eigenvalue weighted by molar-refractivity contribution is -0.224. The van der Waals surface area contributed by atoms with Crippen LogP contribution in [0.5, 0.6) is 0 Å². The van der Waals surface area contributed by atoms with Gasteiger partial charge in [0.05, 0.1) is 53.6 Å². The van der Waals surface area contributed by atoms with Crippen molar-refractivity contribution in [3.63, 3.8) is 0 Å². The second-order valence-electron chi connectivity index (χ2n) is 21.5. The first-order chi connectivity index (χ1) is 28.0. The Morgan fingerprint density at radius 2 is 1.78 bits per heavy atom. The maximum Gasteiger partial charge on any atom is 0.182 e. The zero-order valence-electron chi connectivity index (χ0n) is 36.0. The van der Waals surface area contributed by atoms with Crippen LogP contribution in [-0.2, 0) is 9.53 Å². The number of hydrogen-bond acceptors (Lipinski definition) is 11. The number of carbonyl (C=O) groups is 1. The van der Waals surface area contributed by atoms with Crippen molar-refractivity contribution in [2.24, 2.45) is 75.7 Å². The van der Waals surface area contributed by atoms with Crippen LogP contribution in [0.15, 0.2) is 47.3 Å². The molecule has 2 bridgehead atoms. The lowest BCUT2D eigenvalue weighted by Crippen LogP contribution is -2.71. The molecule has 59 heavy (non-hydrogen) atoms. The van der Waals surface area contributed by atoms with Crippen molar-refractivity contribution in [2.45, 2.75) is 166 Å². The van der Waals surface area contributed by atoms with Crippen LogP contribution >= 0.6 is 0 Å². The van der Waals surface area contributed by atoms with Crippen LogP contribution in [0.4, 0.5) is 0 Å². The number of dihydropyridines is 1. The summed E-state index contributed by atoms with van der Waals surface area (Å²) in [5.74, 6) is -1.39. The van der Waals surface area contributed by atoms with Gasteiger partial charge in [-0.2, -0.15) is 0 Å². The average molecular weight is 820 g/mol. The monoisotopic (exact) mass is 820 g/mol. The van der Waals surface area contributed by atoms with Crippen molar-refractivity contribution in [3.8, 4) is 0 Å². The molecule has 0 aromatic heterocycles. The molecule has 0 amide bonds. The Bertz CT molecular complexity index is 1780. The van der Waals surface area contributed by atoms with Gasteiger partial charge in [-0.3, -0.25) is 4.79 Å².